The molecule has 0 saturated carbocycles. The van der Waals surface area contributed by atoms with Crippen LogP contribution in [0.3, 0.4) is 0 Å². The van der Waals surface area contributed by atoms with Gasteiger partial charge in [0.15, 0.2) is 5.17 Å². The highest BCUT2D eigenvalue weighted by Crippen LogP contribution is 2.26. The normalized spacial score (nSPS) is 18.4. The van der Waals surface area contributed by atoms with Gasteiger partial charge in [-0.15, -0.1) is 0 Å². The number of rotatable bonds is 3. The standard InChI is InChI=1S/C13H15N3O2S/c1-2-18-11-5-3-10(4-6-11)15-8-14-13-16(9-15)12(17)7-19-13/h3-6H,2,7-9H2,1H3. The van der Waals surface area contributed by atoms with Crippen LogP contribution in [-0.4, -0.2) is 41.7 Å². The number of anilines is 1. The Kier molecular flexibility index (Phi) is 3.33. The van der Waals surface area contributed by atoms with Crippen molar-refractivity contribution in [1.82, 2.24) is 4.90 Å². The molecular formula is C13H15N3O2S. The van der Waals surface area contributed by atoms with Gasteiger partial charge in [-0.2, -0.15) is 0 Å². The summed E-state index contributed by atoms with van der Waals surface area (Å²) >= 11 is 1.52. The summed E-state index contributed by atoms with van der Waals surface area (Å²) in [5, 5.41) is 0.854. The first kappa shape index (κ1) is 12.3. The average molecular weight is 277 g/mol. The Hall–Kier alpha value is -1.69. The Morgan fingerprint density at radius 2 is 2.16 bits per heavy atom. The minimum Gasteiger partial charge on any atom is -0.494 e. The van der Waals surface area contributed by atoms with Crippen LogP contribution in [0.25, 0.3) is 0 Å². The quantitative estimate of drug-likeness (QED) is 0.844. The molecule has 0 aromatic heterocycles. The number of thioether (sulfide) groups is 1. The van der Waals surface area contributed by atoms with Crippen LogP contribution in [-0.2, 0) is 4.79 Å². The number of benzene rings is 1. The first-order valence-electron chi connectivity index (χ1n) is 6.23. The number of hydrogen-bond donors (Lipinski definition) is 0. The van der Waals surface area contributed by atoms with Gasteiger partial charge in [0.2, 0.25) is 5.91 Å². The predicted molar refractivity (Wildman–Crippen MR) is 76.6 cm³/mol. The fourth-order valence-electron chi connectivity index (χ4n) is 2.10. The van der Waals surface area contributed by atoms with Crippen molar-refractivity contribution >= 4 is 28.5 Å². The van der Waals surface area contributed by atoms with Gasteiger partial charge in [0, 0.05) is 5.69 Å². The highest BCUT2D eigenvalue weighted by Gasteiger charge is 2.32. The summed E-state index contributed by atoms with van der Waals surface area (Å²) < 4.78 is 5.42. The zero-order valence-electron chi connectivity index (χ0n) is 10.7. The molecule has 0 aliphatic carbocycles. The van der Waals surface area contributed by atoms with E-state index in [2.05, 4.69) is 9.89 Å². The second kappa shape index (κ2) is 5.13. The van der Waals surface area contributed by atoms with E-state index in [4.69, 9.17) is 4.74 Å². The number of hydrogen-bond acceptors (Lipinski definition) is 5. The van der Waals surface area contributed by atoms with Gasteiger partial charge in [0.1, 0.15) is 19.1 Å². The third-order valence-corrected chi connectivity index (χ3v) is 4.06. The van der Waals surface area contributed by atoms with E-state index >= 15 is 0 Å². The molecule has 0 spiro atoms. The Morgan fingerprint density at radius 3 is 2.89 bits per heavy atom. The third kappa shape index (κ3) is 2.40. The van der Waals surface area contributed by atoms with Crippen molar-refractivity contribution in [3.05, 3.63) is 24.3 Å². The number of nitrogens with zero attached hydrogens (tertiary/aromatic N) is 3. The average Bonchev–Trinajstić information content (AvgIpc) is 2.81. The van der Waals surface area contributed by atoms with E-state index in [1.165, 1.54) is 11.8 Å². The van der Waals surface area contributed by atoms with Crippen molar-refractivity contribution in [2.75, 3.05) is 30.6 Å². The molecule has 1 saturated heterocycles. The van der Waals surface area contributed by atoms with Crippen molar-refractivity contribution in [3.8, 4) is 5.75 Å². The highest BCUT2D eigenvalue weighted by atomic mass is 32.2. The Bertz CT molecular complexity index is 515. The summed E-state index contributed by atoms with van der Waals surface area (Å²) in [7, 11) is 0. The lowest BCUT2D eigenvalue weighted by Crippen LogP contribution is -2.45. The third-order valence-electron chi connectivity index (χ3n) is 3.06. The molecule has 0 atom stereocenters. The van der Waals surface area contributed by atoms with Crippen LogP contribution < -0.4 is 9.64 Å². The molecule has 2 aliphatic rings. The van der Waals surface area contributed by atoms with Crippen LogP contribution in [0.1, 0.15) is 6.92 Å². The van der Waals surface area contributed by atoms with Gasteiger partial charge in [0.25, 0.3) is 0 Å². The van der Waals surface area contributed by atoms with Crippen molar-refractivity contribution in [3.63, 3.8) is 0 Å². The van der Waals surface area contributed by atoms with Gasteiger partial charge in [-0.1, -0.05) is 11.8 Å². The number of ether oxygens (including phenoxy) is 1. The van der Waals surface area contributed by atoms with Gasteiger partial charge < -0.3 is 9.64 Å². The van der Waals surface area contributed by atoms with Crippen LogP contribution in [0.2, 0.25) is 0 Å². The molecule has 2 aliphatic heterocycles. The van der Waals surface area contributed by atoms with Crippen molar-refractivity contribution in [2.24, 2.45) is 4.99 Å². The molecule has 3 rings (SSSR count). The van der Waals surface area contributed by atoms with Crippen LogP contribution >= 0.6 is 11.8 Å². The molecule has 5 nitrogen and oxygen atoms in total. The van der Waals surface area contributed by atoms with Gasteiger partial charge in [0.05, 0.1) is 12.4 Å². The molecule has 2 heterocycles. The molecule has 0 N–H and O–H groups in total. The number of amides is 1. The Balaban J connectivity index is 1.75. The maximum Gasteiger partial charge on any atom is 0.240 e. The molecule has 0 unspecified atom stereocenters. The Morgan fingerprint density at radius 1 is 1.37 bits per heavy atom. The summed E-state index contributed by atoms with van der Waals surface area (Å²) in [5.41, 5.74) is 1.05. The summed E-state index contributed by atoms with van der Waals surface area (Å²) in [6.07, 6.45) is 0. The zero-order chi connectivity index (χ0) is 13.2. The number of carbonyl (C=O) groups excluding carboxylic acids is 1. The molecule has 100 valence electrons. The summed E-state index contributed by atoms with van der Waals surface area (Å²) in [6, 6.07) is 7.88. The van der Waals surface area contributed by atoms with Crippen molar-refractivity contribution in [2.45, 2.75) is 6.92 Å². The molecule has 0 bridgehead atoms. The zero-order valence-corrected chi connectivity index (χ0v) is 11.5. The van der Waals surface area contributed by atoms with E-state index in [9.17, 15) is 4.79 Å². The van der Waals surface area contributed by atoms with E-state index in [1.54, 1.807) is 4.90 Å². The lowest BCUT2D eigenvalue weighted by Gasteiger charge is -2.32. The van der Waals surface area contributed by atoms with Gasteiger partial charge >= 0.3 is 0 Å². The SMILES string of the molecule is CCOc1ccc(N2CN=C3SCC(=O)N3C2)cc1. The van der Waals surface area contributed by atoms with Gasteiger partial charge in [-0.25, -0.2) is 4.99 Å². The first-order chi connectivity index (χ1) is 9.28. The lowest BCUT2D eigenvalue weighted by atomic mass is 10.3. The van der Waals surface area contributed by atoms with E-state index in [0.717, 1.165) is 16.6 Å². The van der Waals surface area contributed by atoms with Gasteiger partial charge in [-0.3, -0.25) is 9.69 Å². The minimum atomic E-state index is 0.138. The van der Waals surface area contributed by atoms with E-state index in [0.29, 0.717) is 25.7 Å². The molecule has 6 heteroatoms. The maximum absolute atomic E-state index is 11.7. The van der Waals surface area contributed by atoms with Gasteiger partial charge in [-0.05, 0) is 31.2 Å². The summed E-state index contributed by atoms with van der Waals surface area (Å²) in [6.45, 7) is 3.81. The number of carbonyl (C=O) groups is 1. The molecule has 0 radical (unpaired) electrons. The van der Waals surface area contributed by atoms with E-state index in [-0.39, 0.29) is 5.91 Å². The number of amidine groups is 1. The number of fused-ring (bicyclic) bond motifs is 1. The topological polar surface area (TPSA) is 45.1 Å². The van der Waals surface area contributed by atoms with Crippen molar-refractivity contribution in [1.29, 1.82) is 0 Å². The molecule has 1 fully saturated rings. The van der Waals surface area contributed by atoms with E-state index in [1.807, 2.05) is 31.2 Å². The smallest absolute Gasteiger partial charge is 0.240 e. The van der Waals surface area contributed by atoms with Crippen LogP contribution in [0, 0.1) is 0 Å². The van der Waals surface area contributed by atoms with Crippen LogP contribution in [0.5, 0.6) is 5.75 Å². The van der Waals surface area contributed by atoms with Crippen molar-refractivity contribution < 1.29 is 9.53 Å². The van der Waals surface area contributed by atoms with Crippen LogP contribution in [0.15, 0.2) is 29.3 Å². The molecule has 1 aromatic rings. The van der Waals surface area contributed by atoms with E-state index < -0.39 is 0 Å². The first-order valence-corrected chi connectivity index (χ1v) is 7.22. The lowest BCUT2D eigenvalue weighted by molar-refractivity contribution is -0.124. The maximum atomic E-state index is 11.7. The highest BCUT2D eigenvalue weighted by molar-refractivity contribution is 8.15. The fourth-order valence-corrected chi connectivity index (χ4v) is 2.98. The summed E-state index contributed by atoms with van der Waals surface area (Å²) in [5.74, 6) is 1.51. The van der Waals surface area contributed by atoms with Crippen LogP contribution in [0.4, 0.5) is 5.69 Å². The Labute approximate surface area is 116 Å². The molecule has 1 aromatic carbocycles. The second-order valence-corrected chi connectivity index (χ2v) is 5.24. The molecular weight excluding hydrogens is 262 g/mol. The molecule has 19 heavy (non-hydrogen) atoms. The predicted octanol–water partition coefficient (Wildman–Crippen LogP) is 1.75. The molecule has 1 amide bonds. The number of aliphatic imine (C=N–C) groups is 1. The second-order valence-electron chi connectivity index (χ2n) is 4.30. The largest absolute Gasteiger partial charge is 0.494 e. The fraction of sp³-hybridized carbons (Fsp3) is 0.385. The monoisotopic (exact) mass is 277 g/mol. The summed E-state index contributed by atoms with van der Waals surface area (Å²) in [4.78, 5) is 20.0. The minimum absolute atomic E-state index is 0.138.